The summed E-state index contributed by atoms with van der Waals surface area (Å²) in [5.74, 6) is 0. The van der Waals surface area contributed by atoms with Crippen molar-refractivity contribution < 1.29 is 8.85 Å². The molecule has 0 radical (unpaired) electrons. The lowest BCUT2D eigenvalue weighted by molar-refractivity contribution is 0.115. The van der Waals surface area contributed by atoms with Gasteiger partial charge >= 0.3 is 9.45 Å². The fraction of sp³-hybridized carbons (Fsp3) is 1.00. The van der Waals surface area contributed by atoms with E-state index in [0.717, 1.165) is 26.1 Å². The SMILES string of the molecule is CCCO[SiH](OCCC)N(C(C)C)C(C)C. The molecule has 0 amide bonds. The van der Waals surface area contributed by atoms with Gasteiger partial charge in [-0.3, -0.25) is 4.57 Å². The van der Waals surface area contributed by atoms with E-state index in [1.807, 2.05) is 0 Å². The molecule has 0 aliphatic rings. The third-order valence-corrected chi connectivity index (χ3v) is 5.09. The molecule has 0 atom stereocenters. The first kappa shape index (κ1) is 16.1. The Labute approximate surface area is 103 Å². The average Bonchev–Trinajstić information content (AvgIpc) is 2.20. The van der Waals surface area contributed by atoms with Crippen molar-refractivity contribution in [2.24, 2.45) is 0 Å². The number of hydrogen-bond acceptors (Lipinski definition) is 3. The van der Waals surface area contributed by atoms with E-state index in [4.69, 9.17) is 8.85 Å². The quantitative estimate of drug-likeness (QED) is 0.585. The summed E-state index contributed by atoms with van der Waals surface area (Å²) in [6, 6.07) is 0.982. The largest absolute Gasteiger partial charge is 0.411 e. The second-order valence-electron chi connectivity index (χ2n) is 4.68. The molecule has 0 bridgehead atoms. The maximum atomic E-state index is 5.92. The van der Waals surface area contributed by atoms with Crippen molar-refractivity contribution in [1.29, 1.82) is 0 Å². The Morgan fingerprint density at radius 2 is 1.25 bits per heavy atom. The summed E-state index contributed by atoms with van der Waals surface area (Å²) < 4.78 is 14.2. The second-order valence-corrected chi connectivity index (χ2v) is 6.56. The van der Waals surface area contributed by atoms with Crippen LogP contribution in [0.5, 0.6) is 0 Å². The molecule has 0 saturated carbocycles. The smallest absolute Gasteiger partial charge is 0.385 e. The van der Waals surface area contributed by atoms with Gasteiger partial charge < -0.3 is 8.85 Å². The average molecular weight is 247 g/mol. The minimum Gasteiger partial charge on any atom is -0.385 e. The van der Waals surface area contributed by atoms with Gasteiger partial charge in [0.05, 0.1) is 0 Å². The zero-order valence-electron chi connectivity index (χ0n) is 11.8. The van der Waals surface area contributed by atoms with E-state index in [1.54, 1.807) is 0 Å². The van der Waals surface area contributed by atoms with E-state index in [9.17, 15) is 0 Å². The second kappa shape index (κ2) is 9.16. The van der Waals surface area contributed by atoms with Crippen LogP contribution in [0.25, 0.3) is 0 Å². The molecule has 0 spiro atoms. The van der Waals surface area contributed by atoms with Crippen molar-refractivity contribution in [1.82, 2.24) is 4.57 Å². The van der Waals surface area contributed by atoms with Gasteiger partial charge in [0.15, 0.2) is 0 Å². The van der Waals surface area contributed by atoms with Crippen LogP contribution in [0.2, 0.25) is 0 Å². The van der Waals surface area contributed by atoms with Gasteiger partial charge in [0.2, 0.25) is 0 Å². The zero-order valence-corrected chi connectivity index (χ0v) is 13.0. The van der Waals surface area contributed by atoms with Gasteiger partial charge in [-0.15, -0.1) is 0 Å². The van der Waals surface area contributed by atoms with Gasteiger partial charge in [-0.2, -0.15) is 0 Å². The summed E-state index contributed by atoms with van der Waals surface area (Å²) >= 11 is 0. The van der Waals surface area contributed by atoms with Crippen LogP contribution < -0.4 is 0 Å². The standard InChI is InChI=1S/C12H29NO2Si/c1-7-9-14-16(15-10-8-2)13(11(3)4)12(5)6/h11-12,16H,7-10H2,1-6H3. The molecule has 16 heavy (non-hydrogen) atoms. The molecule has 0 saturated heterocycles. The van der Waals surface area contributed by atoms with Gasteiger partial charge in [-0.05, 0) is 12.8 Å². The van der Waals surface area contributed by atoms with E-state index in [1.165, 1.54) is 0 Å². The molecule has 0 aromatic carbocycles. The van der Waals surface area contributed by atoms with Crippen LogP contribution in [0.1, 0.15) is 54.4 Å². The van der Waals surface area contributed by atoms with Gasteiger partial charge in [-0.25, -0.2) is 0 Å². The number of rotatable bonds is 9. The predicted octanol–water partition coefficient (Wildman–Crippen LogP) is 2.68. The van der Waals surface area contributed by atoms with E-state index in [-0.39, 0.29) is 0 Å². The Morgan fingerprint density at radius 3 is 1.50 bits per heavy atom. The minimum absolute atomic E-state index is 0.491. The number of nitrogens with zero attached hydrogens (tertiary/aromatic N) is 1. The molecule has 0 unspecified atom stereocenters. The van der Waals surface area contributed by atoms with Crippen LogP contribution >= 0.6 is 0 Å². The highest BCUT2D eigenvalue weighted by Crippen LogP contribution is 2.11. The van der Waals surface area contributed by atoms with E-state index >= 15 is 0 Å². The minimum atomic E-state index is -1.67. The first-order chi connectivity index (χ1) is 7.54. The highest BCUT2D eigenvalue weighted by atomic mass is 28.3. The fourth-order valence-corrected chi connectivity index (χ4v) is 4.03. The highest BCUT2D eigenvalue weighted by molar-refractivity contribution is 6.41. The Morgan fingerprint density at radius 1 is 0.875 bits per heavy atom. The molecule has 0 heterocycles. The molecule has 0 fully saturated rings. The van der Waals surface area contributed by atoms with Crippen molar-refractivity contribution in [3.05, 3.63) is 0 Å². The zero-order chi connectivity index (χ0) is 12.6. The first-order valence-corrected chi connectivity index (χ1v) is 8.01. The summed E-state index contributed by atoms with van der Waals surface area (Å²) in [5, 5.41) is 0. The molecule has 0 rings (SSSR count). The highest BCUT2D eigenvalue weighted by Gasteiger charge is 2.28. The Bertz CT molecular complexity index is 149. The van der Waals surface area contributed by atoms with Crippen LogP contribution in [0.15, 0.2) is 0 Å². The lowest BCUT2D eigenvalue weighted by Crippen LogP contribution is -2.52. The van der Waals surface area contributed by atoms with Crippen molar-refractivity contribution >= 4 is 9.45 Å². The molecule has 0 aliphatic carbocycles. The molecule has 98 valence electrons. The maximum absolute atomic E-state index is 5.92. The first-order valence-electron chi connectivity index (χ1n) is 6.55. The molecular formula is C12H29NO2Si. The van der Waals surface area contributed by atoms with Gasteiger partial charge in [-0.1, -0.05) is 41.5 Å². The third-order valence-electron chi connectivity index (χ3n) is 2.37. The van der Waals surface area contributed by atoms with E-state index in [0.29, 0.717) is 12.1 Å². The van der Waals surface area contributed by atoms with Gasteiger partial charge in [0.25, 0.3) is 0 Å². The molecule has 0 aromatic rings. The van der Waals surface area contributed by atoms with Gasteiger partial charge in [0.1, 0.15) is 0 Å². The Hall–Kier alpha value is 0.0969. The molecular weight excluding hydrogens is 218 g/mol. The summed E-state index contributed by atoms with van der Waals surface area (Å²) in [6.45, 7) is 14.8. The normalized spacial score (nSPS) is 12.4. The lowest BCUT2D eigenvalue weighted by atomic mass is 10.3. The molecule has 3 nitrogen and oxygen atoms in total. The van der Waals surface area contributed by atoms with Gasteiger partial charge in [0, 0.05) is 25.3 Å². The summed E-state index contributed by atoms with van der Waals surface area (Å²) in [6.07, 6.45) is 2.12. The maximum Gasteiger partial charge on any atom is 0.411 e. The van der Waals surface area contributed by atoms with Crippen molar-refractivity contribution in [3.8, 4) is 0 Å². The summed E-state index contributed by atoms with van der Waals surface area (Å²) in [5.41, 5.74) is 0. The topological polar surface area (TPSA) is 21.7 Å². The Balaban J connectivity index is 4.40. The van der Waals surface area contributed by atoms with Crippen molar-refractivity contribution in [3.63, 3.8) is 0 Å². The van der Waals surface area contributed by atoms with Crippen LogP contribution in [-0.4, -0.2) is 39.3 Å². The summed E-state index contributed by atoms with van der Waals surface area (Å²) in [7, 11) is -1.67. The van der Waals surface area contributed by atoms with Crippen molar-refractivity contribution in [2.45, 2.75) is 66.5 Å². The van der Waals surface area contributed by atoms with Crippen LogP contribution in [-0.2, 0) is 8.85 Å². The van der Waals surface area contributed by atoms with Crippen LogP contribution in [0.3, 0.4) is 0 Å². The molecule has 0 N–H and O–H groups in total. The van der Waals surface area contributed by atoms with Crippen LogP contribution in [0, 0.1) is 0 Å². The fourth-order valence-electron chi connectivity index (χ4n) is 1.74. The van der Waals surface area contributed by atoms with E-state index in [2.05, 4.69) is 46.1 Å². The lowest BCUT2D eigenvalue weighted by Gasteiger charge is -2.35. The molecule has 0 aliphatic heterocycles. The molecule has 0 aromatic heterocycles. The van der Waals surface area contributed by atoms with E-state index < -0.39 is 9.45 Å². The third kappa shape index (κ3) is 5.99. The molecule has 4 heteroatoms. The Kier molecular flexibility index (Phi) is 9.22. The number of hydrogen-bond donors (Lipinski definition) is 0. The predicted molar refractivity (Wildman–Crippen MR) is 71.7 cm³/mol. The monoisotopic (exact) mass is 247 g/mol. The van der Waals surface area contributed by atoms with Crippen LogP contribution in [0.4, 0.5) is 0 Å². The summed E-state index contributed by atoms with van der Waals surface area (Å²) in [4.78, 5) is 0. The van der Waals surface area contributed by atoms with Crippen molar-refractivity contribution in [2.75, 3.05) is 13.2 Å².